The second-order valence-electron chi connectivity index (χ2n) is 7.43. The van der Waals surface area contributed by atoms with Crippen molar-refractivity contribution >= 4 is 28.5 Å². The van der Waals surface area contributed by atoms with Gasteiger partial charge in [0.05, 0.1) is 26.2 Å². The lowest BCUT2D eigenvalue weighted by Gasteiger charge is -2.13. The van der Waals surface area contributed by atoms with Crippen LogP contribution < -0.4 is 24.8 Å². The standard InChI is InChI=1S/C26H22FN3O5/c1-33-23-14-19-21(15-24(23)34-2)28-12-11-22(19)35-18-9-7-17(8-10-18)29-26(32)30-25(31)13-16-5-3-4-6-20(16)27/h3-12,14-15H,13H2,1-2H3,(H2,29,30,31,32). The van der Waals surface area contributed by atoms with Crippen LogP contribution in [0.3, 0.4) is 0 Å². The predicted octanol–water partition coefficient (Wildman–Crippen LogP) is 5.07. The van der Waals surface area contributed by atoms with Gasteiger partial charge in [0.25, 0.3) is 0 Å². The Balaban J connectivity index is 1.40. The molecule has 1 heterocycles. The molecule has 0 fully saturated rings. The number of hydrogen-bond donors (Lipinski definition) is 2. The number of ether oxygens (including phenoxy) is 3. The van der Waals surface area contributed by atoms with Gasteiger partial charge in [-0.15, -0.1) is 0 Å². The molecule has 3 amide bonds. The quantitative estimate of drug-likeness (QED) is 0.387. The number of hydrogen-bond acceptors (Lipinski definition) is 6. The predicted molar refractivity (Wildman–Crippen MR) is 129 cm³/mol. The number of carbonyl (C=O) groups excluding carboxylic acids is 2. The number of nitrogens with zero attached hydrogens (tertiary/aromatic N) is 1. The Labute approximate surface area is 200 Å². The molecule has 8 nitrogen and oxygen atoms in total. The summed E-state index contributed by atoms with van der Waals surface area (Å²) in [6, 6.07) is 17.1. The summed E-state index contributed by atoms with van der Waals surface area (Å²) in [5.74, 6) is 1.07. The number of fused-ring (bicyclic) bond motifs is 1. The van der Waals surface area contributed by atoms with Crippen LogP contribution in [0.5, 0.6) is 23.0 Å². The molecule has 1 aromatic heterocycles. The van der Waals surface area contributed by atoms with Crippen LogP contribution in [0.15, 0.2) is 72.9 Å². The second-order valence-corrected chi connectivity index (χ2v) is 7.43. The summed E-state index contributed by atoms with van der Waals surface area (Å²) in [6.45, 7) is 0. The van der Waals surface area contributed by atoms with E-state index in [1.165, 1.54) is 18.2 Å². The first-order chi connectivity index (χ1) is 17.0. The van der Waals surface area contributed by atoms with Gasteiger partial charge in [-0.1, -0.05) is 18.2 Å². The van der Waals surface area contributed by atoms with Crippen LogP contribution >= 0.6 is 0 Å². The summed E-state index contributed by atoms with van der Waals surface area (Å²) in [6.07, 6.45) is 1.38. The molecule has 0 atom stereocenters. The number of anilines is 1. The molecule has 3 aromatic carbocycles. The first-order valence-electron chi connectivity index (χ1n) is 10.6. The van der Waals surface area contributed by atoms with E-state index in [0.717, 1.165) is 5.39 Å². The number of imide groups is 1. The van der Waals surface area contributed by atoms with Gasteiger partial charge in [0.15, 0.2) is 11.5 Å². The summed E-state index contributed by atoms with van der Waals surface area (Å²) in [4.78, 5) is 28.5. The van der Waals surface area contributed by atoms with E-state index in [0.29, 0.717) is 34.2 Å². The fourth-order valence-electron chi connectivity index (χ4n) is 3.42. The Bertz CT molecular complexity index is 1380. The third-order valence-corrected chi connectivity index (χ3v) is 5.11. The Hall–Kier alpha value is -4.66. The number of amides is 3. The molecule has 9 heteroatoms. The molecule has 0 aliphatic rings. The highest BCUT2D eigenvalue weighted by Gasteiger charge is 2.13. The van der Waals surface area contributed by atoms with E-state index in [-0.39, 0.29) is 12.0 Å². The molecule has 0 spiro atoms. The van der Waals surface area contributed by atoms with Gasteiger partial charge in [-0.25, -0.2) is 9.18 Å². The highest BCUT2D eigenvalue weighted by Crippen LogP contribution is 2.36. The smallest absolute Gasteiger partial charge is 0.325 e. The van der Waals surface area contributed by atoms with E-state index in [1.54, 1.807) is 68.9 Å². The number of rotatable bonds is 7. The van der Waals surface area contributed by atoms with E-state index < -0.39 is 17.8 Å². The van der Waals surface area contributed by atoms with Crippen molar-refractivity contribution in [3.63, 3.8) is 0 Å². The van der Waals surface area contributed by atoms with Gasteiger partial charge in [0.1, 0.15) is 17.3 Å². The maximum atomic E-state index is 13.7. The topological polar surface area (TPSA) is 98.8 Å². The number of methoxy groups -OCH3 is 2. The minimum atomic E-state index is -0.721. The van der Waals surface area contributed by atoms with Crippen LogP contribution in [-0.4, -0.2) is 31.1 Å². The summed E-state index contributed by atoms with van der Waals surface area (Å²) in [5.41, 5.74) is 1.33. The zero-order valence-corrected chi connectivity index (χ0v) is 19.0. The average molecular weight is 475 g/mol. The Morgan fingerprint density at radius 3 is 2.34 bits per heavy atom. The second kappa shape index (κ2) is 10.5. The van der Waals surface area contributed by atoms with Crippen molar-refractivity contribution in [3.8, 4) is 23.0 Å². The SMILES string of the molecule is COc1cc2nccc(Oc3ccc(NC(=O)NC(=O)Cc4ccccc4F)cc3)c2cc1OC. The van der Waals surface area contributed by atoms with Crippen molar-refractivity contribution in [1.29, 1.82) is 0 Å². The molecule has 0 radical (unpaired) electrons. The Kier molecular flexibility index (Phi) is 7.06. The average Bonchev–Trinajstić information content (AvgIpc) is 2.86. The first kappa shape index (κ1) is 23.5. The lowest BCUT2D eigenvalue weighted by molar-refractivity contribution is -0.119. The van der Waals surface area contributed by atoms with Crippen LogP contribution in [0.4, 0.5) is 14.9 Å². The molecule has 0 saturated carbocycles. The molecule has 178 valence electrons. The molecule has 0 bridgehead atoms. The monoisotopic (exact) mass is 475 g/mol. The zero-order chi connectivity index (χ0) is 24.8. The zero-order valence-electron chi connectivity index (χ0n) is 19.0. The number of carbonyl (C=O) groups is 2. The van der Waals surface area contributed by atoms with Crippen molar-refractivity contribution in [2.45, 2.75) is 6.42 Å². The van der Waals surface area contributed by atoms with E-state index >= 15 is 0 Å². The lowest BCUT2D eigenvalue weighted by Crippen LogP contribution is -2.35. The highest BCUT2D eigenvalue weighted by atomic mass is 19.1. The van der Waals surface area contributed by atoms with Crippen molar-refractivity contribution in [3.05, 3.63) is 84.3 Å². The van der Waals surface area contributed by atoms with E-state index in [1.807, 2.05) is 0 Å². The van der Waals surface area contributed by atoms with Gasteiger partial charge in [0, 0.05) is 23.3 Å². The number of benzene rings is 3. The van der Waals surface area contributed by atoms with Crippen molar-refractivity contribution < 1.29 is 28.2 Å². The van der Waals surface area contributed by atoms with Crippen LogP contribution in [0.2, 0.25) is 0 Å². The number of pyridine rings is 1. The number of nitrogens with one attached hydrogen (secondary N) is 2. The van der Waals surface area contributed by atoms with Crippen LogP contribution in [0, 0.1) is 5.82 Å². The van der Waals surface area contributed by atoms with Gasteiger partial charge < -0.3 is 19.5 Å². The van der Waals surface area contributed by atoms with Gasteiger partial charge in [-0.3, -0.25) is 15.1 Å². The summed E-state index contributed by atoms with van der Waals surface area (Å²) in [5, 5.41) is 5.48. The van der Waals surface area contributed by atoms with Crippen molar-refractivity contribution in [2.75, 3.05) is 19.5 Å². The molecular weight excluding hydrogens is 453 g/mol. The molecule has 0 aliphatic heterocycles. The van der Waals surface area contributed by atoms with Gasteiger partial charge in [0.2, 0.25) is 5.91 Å². The molecule has 4 aromatic rings. The lowest BCUT2D eigenvalue weighted by atomic mass is 10.1. The molecule has 0 unspecified atom stereocenters. The van der Waals surface area contributed by atoms with E-state index in [9.17, 15) is 14.0 Å². The summed E-state index contributed by atoms with van der Waals surface area (Å²) in [7, 11) is 3.11. The van der Waals surface area contributed by atoms with Gasteiger partial charge in [-0.2, -0.15) is 0 Å². The largest absolute Gasteiger partial charge is 0.493 e. The van der Waals surface area contributed by atoms with Crippen LogP contribution in [0.1, 0.15) is 5.56 Å². The van der Waals surface area contributed by atoms with Crippen molar-refractivity contribution in [2.24, 2.45) is 0 Å². The van der Waals surface area contributed by atoms with E-state index in [4.69, 9.17) is 14.2 Å². The highest BCUT2D eigenvalue weighted by molar-refractivity contribution is 6.01. The number of halogens is 1. The first-order valence-corrected chi connectivity index (χ1v) is 10.6. The maximum absolute atomic E-state index is 13.7. The molecule has 0 aliphatic carbocycles. The number of aromatic nitrogens is 1. The maximum Gasteiger partial charge on any atom is 0.325 e. The third kappa shape index (κ3) is 5.64. The van der Waals surface area contributed by atoms with Gasteiger partial charge >= 0.3 is 6.03 Å². The fraction of sp³-hybridized carbons (Fsp3) is 0.115. The van der Waals surface area contributed by atoms with Gasteiger partial charge in [-0.05, 0) is 48.0 Å². The van der Waals surface area contributed by atoms with Crippen LogP contribution in [0.25, 0.3) is 10.9 Å². The molecule has 4 rings (SSSR count). The van der Waals surface area contributed by atoms with Crippen LogP contribution in [-0.2, 0) is 11.2 Å². The van der Waals surface area contributed by atoms with Crippen molar-refractivity contribution in [1.82, 2.24) is 10.3 Å². The minimum Gasteiger partial charge on any atom is -0.493 e. The molecule has 0 saturated heterocycles. The molecule has 35 heavy (non-hydrogen) atoms. The van der Waals surface area contributed by atoms with E-state index in [2.05, 4.69) is 15.6 Å². The Morgan fingerprint density at radius 2 is 1.63 bits per heavy atom. The summed E-state index contributed by atoms with van der Waals surface area (Å²) >= 11 is 0. The molecule has 2 N–H and O–H groups in total. The third-order valence-electron chi connectivity index (χ3n) is 5.11. The Morgan fingerprint density at radius 1 is 0.914 bits per heavy atom. The normalized spacial score (nSPS) is 10.5. The number of urea groups is 1. The summed E-state index contributed by atoms with van der Waals surface area (Å²) < 4.78 is 30.4. The molecular formula is C26H22FN3O5. The fourth-order valence-corrected chi connectivity index (χ4v) is 3.42. The minimum absolute atomic E-state index is 0.207.